The third-order valence-electron chi connectivity index (χ3n) is 3.43. The van der Waals surface area contributed by atoms with E-state index in [9.17, 15) is 13.6 Å². The van der Waals surface area contributed by atoms with E-state index in [1.54, 1.807) is 6.92 Å². The van der Waals surface area contributed by atoms with E-state index in [-0.39, 0.29) is 6.61 Å². The van der Waals surface area contributed by atoms with Gasteiger partial charge in [-0.3, -0.25) is 4.79 Å². The fraction of sp³-hybridized carbons (Fsp3) is 0.917. The number of aliphatic hydroxyl groups is 1. The van der Waals surface area contributed by atoms with Gasteiger partial charge in [-0.05, 0) is 12.8 Å². The Hall–Kier alpha value is -0.710. The van der Waals surface area contributed by atoms with E-state index in [2.05, 4.69) is 0 Å². The van der Waals surface area contributed by atoms with Gasteiger partial charge in [-0.25, -0.2) is 0 Å². The van der Waals surface area contributed by atoms with E-state index in [1.807, 2.05) is 6.92 Å². The van der Waals surface area contributed by atoms with Crippen molar-refractivity contribution in [2.75, 3.05) is 6.61 Å². The van der Waals surface area contributed by atoms with Crippen molar-refractivity contribution in [3.63, 3.8) is 0 Å². The van der Waals surface area contributed by atoms with Gasteiger partial charge in [0.25, 0.3) is 5.91 Å². The molecule has 0 aromatic carbocycles. The largest absolute Gasteiger partial charge is 0.394 e. The maximum absolute atomic E-state index is 13.4. The highest BCUT2D eigenvalue weighted by molar-refractivity contribution is 5.91. The zero-order valence-electron chi connectivity index (χ0n) is 10.5. The number of halogens is 2. The van der Waals surface area contributed by atoms with Crippen molar-refractivity contribution in [3.05, 3.63) is 0 Å². The van der Waals surface area contributed by atoms with Crippen molar-refractivity contribution < 1.29 is 18.7 Å². The molecule has 1 rings (SSSR count). The van der Waals surface area contributed by atoms with Crippen LogP contribution in [0.1, 0.15) is 46.0 Å². The minimum atomic E-state index is -3.23. The summed E-state index contributed by atoms with van der Waals surface area (Å²) in [5, 5.41) is 9.10. The molecule has 0 spiro atoms. The monoisotopic (exact) mass is 249 g/mol. The summed E-state index contributed by atoms with van der Waals surface area (Å²) in [4.78, 5) is 12.5. The molecule has 1 aliphatic heterocycles. The quantitative estimate of drug-likeness (QED) is 0.555. The van der Waals surface area contributed by atoms with E-state index in [0.717, 1.165) is 12.8 Å². The van der Waals surface area contributed by atoms with Crippen molar-refractivity contribution >= 4 is 5.91 Å². The van der Waals surface area contributed by atoms with Gasteiger partial charge >= 0.3 is 5.92 Å². The fourth-order valence-electron chi connectivity index (χ4n) is 2.31. The molecule has 100 valence electrons. The first kappa shape index (κ1) is 14.4. The number of likely N-dealkylation sites (tertiary alicyclic amines) is 1. The second-order valence-electron chi connectivity index (χ2n) is 4.59. The number of aliphatic hydroxyl groups excluding tert-OH is 1. The number of hydrogen-bond donors (Lipinski definition) is 1. The van der Waals surface area contributed by atoms with Gasteiger partial charge in [0.1, 0.15) is 6.04 Å². The van der Waals surface area contributed by atoms with Crippen molar-refractivity contribution in [3.8, 4) is 0 Å². The van der Waals surface area contributed by atoms with Gasteiger partial charge in [-0.1, -0.05) is 33.1 Å². The van der Waals surface area contributed by atoms with Crippen LogP contribution in [0.4, 0.5) is 8.78 Å². The van der Waals surface area contributed by atoms with Gasteiger partial charge in [0.15, 0.2) is 0 Å². The van der Waals surface area contributed by atoms with Crippen LogP contribution in [0.15, 0.2) is 0 Å². The Kier molecular flexibility index (Phi) is 4.86. The van der Waals surface area contributed by atoms with Crippen LogP contribution < -0.4 is 0 Å². The molecule has 2 atom stereocenters. The standard InChI is InChI=1S/C12H21F2NO2/c1-3-5-6-7-10-12(13,14)11(17)15(10)9(4-2)8-16/h9-10,16H,3-8H2,1-2H3/t9-,10+/m1/s1. The highest BCUT2D eigenvalue weighted by Gasteiger charge is 2.64. The van der Waals surface area contributed by atoms with E-state index >= 15 is 0 Å². The van der Waals surface area contributed by atoms with Crippen molar-refractivity contribution in [1.82, 2.24) is 4.90 Å². The Labute approximate surface area is 101 Å². The highest BCUT2D eigenvalue weighted by Crippen LogP contribution is 2.41. The van der Waals surface area contributed by atoms with E-state index in [1.165, 1.54) is 4.90 Å². The average molecular weight is 249 g/mol. The fourth-order valence-corrected chi connectivity index (χ4v) is 2.31. The molecule has 0 unspecified atom stereocenters. The lowest BCUT2D eigenvalue weighted by molar-refractivity contribution is -0.213. The molecule has 1 aliphatic rings. The van der Waals surface area contributed by atoms with Crippen LogP contribution >= 0.6 is 0 Å². The number of unbranched alkanes of at least 4 members (excludes halogenated alkanes) is 2. The minimum absolute atomic E-state index is 0.247. The third kappa shape index (κ3) is 2.59. The summed E-state index contributed by atoms with van der Waals surface area (Å²) in [5.74, 6) is -4.35. The molecular formula is C12H21F2NO2. The zero-order valence-corrected chi connectivity index (χ0v) is 10.5. The number of carbonyl (C=O) groups excluding carboxylic acids is 1. The second kappa shape index (κ2) is 5.76. The second-order valence-corrected chi connectivity index (χ2v) is 4.59. The summed E-state index contributed by atoms with van der Waals surface area (Å²) in [6.07, 6.45) is 3.38. The van der Waals surface area contributed by atoms with E-state index in [4.69, 9.17) is 5.11 Å². The first-order valence-corrected chi connectivity index (χ1v) is 6.32. The maximum atomic E-state index is 13.4. The zero-order chi connectivity index (χ0) is 13.1. The summed E-state index contributed by atoms with van der Waals surface area (Å²) >= 11 is 0. The molecule has 0 aromatic heterocycles. The number of amides is 1. The molecule has 0 radical (unpaired) electrons. The SMILES string of the molecule is CCCCC[C@@H]1N([C@H](CC)CO)C(=O)C1(F)F. The van der Waals surface area contributed by atoms with Crippen molar-refractivity contribution in [2.45, 2.75) is 64.0 Å². The Morgan fingerprint density at radius 1 is 1.41 bits per heavy atom. The van der Waals surface area contributed by atoms with E-state index in [0.29, 0.717) is 19.3 Å². The van der Waals surface area contributed by atoms with Crippen LogP contribution in [-0.2, 0) is 4.79 Å². The Morgan fingerprint density at radius 2 is 2.06 bits per heavy atom. The Morgan fingerprint density at radius 3 is 2.53 bits per heavy atom. The highest BCUT2D eigenvalue weighted by atomic mass is 19.3. The van der Waals surface area contributed by atoms with Crippen molar-refractivity contribution in [1.29, 1.82) is 0 Å². The summed E-state index contributed by atoms with van der Waals surface area (Å²) in [6, 6.07) is -1.48. The number of rotatable bonds is 7. The summed E-state index contributed by atoms with van der Waals surface area (Å²) in [5.41, 5.74) is 0. The van der Waals surface area contributed by atoms with E-state index < -0.39 is 23.9 Å². The van der Waals surface area contributed by atoms with Crippen molar-refractivity contribution in [2.24, 2.45) is 0 Å². The molecule has 5 heteroatoms. The molecule has 1 N–H and O–H groups in total. The van der Waals surface area contributed by atoms with Crippen LogP contribution in [-0.4, -0.2) is 40.5 Å². The molecule has 1 amide bonds. The summed E-state index contributed by atoms with van der Waals surface area (Å²) in [7, 11) is 0. The number of alkyl halides is 2. The summed E-state index contributed by atoms with van der Waals surface area (Å²) in [6.45, 7) is 3.54. The lowest BCUT2D eigenvalue weighted by atomic mass is 9.89. The first-order valence-electron chi connectivity index (χ1n) is 6.32. The van der Waals surface area contributed by atoms with Crippen LogP contribution in [0, 0.1) is 0 Å². The predicted molar refractivity (Wildman–Crippen MR) is 60.9 cm³/mol. The van der Waals surface area contributed by atoms with Crippen LogP contribution in [0.25, 0.3) is 0 Å². The van der Waals surface area contributed by atoms with Gasteiger partial charge < -0.3 is 10.0 Å². The van der Waals surface area contributed by atoms with Gasteiger partial charge in [0, 0.05) is 0 Å². The molecule has 1 heterocycles. The number of nitrogens with zero attached hydrogens (tertiary/aromatic N) is 1. The molecule has 17 heavy (non-hydrogen) atoms. The van der Waals surface area contributed by atoms with Gasteiger partial charge in [0.2, 0.25) is 0 Å². The Bertz CT molecular complexity index is 267. The molecule has 0 aromatic rings. The lowest BCUT2D eigenvalue weighted by Gasteiger charge is -2.50. The first-order chi connectivity index (χ1) is 8.00. The average Bonchev–Trinajstić information content (AvgIpc) is 2.32. The van der Waals surface area contributed by atoms with Crippen LogP contribution in [0.5, 0.6) is 0 Å². The topological polar surface area (TPSA) is 40.5 Å². The minimum Gasteiger partial charge on any atom is -0.394 e. The molecule has 0 aliphatic carbocycles. The molecule has 1 saturated heterocycles. The smallest absolute Gasteiger partial charge is 0.344 e. The summed E-state index contributed by atoms with van der Waals surface area (Å²) < 4.78 is 26.9. The number of hydrogen-bond acceptors (Lipinski definition) is 2. The molecule has 0 bridgehead atoms. The van der Waals surface area contributed by atoms with Crippen LogP contribution in [0.3, 0.4) is 0 Å². The lowest BCUT2D eigenvalue weighted by Crippen LogP contribution is -2.72. The maximum Gasteiger partial charge on any atom is 0.344 e. The molecule has 3 nitrogen and oxygen atoms in total. The van der Waals surface area contributed by atoms with Gasteiger partial charge in [-0.2, -0.15) is 8.78 Å². The van der Waals surface area contributed by atoms with Gasteiger partial charge in [0.05, 0.1) is 12.6 Å². The molecule has 0 saturated carbocycles. The van der Waals surface area contributed by atoms with Crippen LogP contribution in [0.2, 0.25) is 0 Å². The molecular weight excluding hydrogens is 228 g/mol. The predicted octanol–water partition coefficient (Wildman–Crippen LogP) is 2.18. The third-order valence-corrected chi connectivity index (χ3v) is 3.43. The molecule has 1 fully saturated rings. The Balaban J connectivity index is 2.65. The number of β-lactam (4-membered cyclic amide) rings is 1. The van der Waals surface area contributed by atoms with Gasteiger partial charge in [-0.15, -0.1) is 0 Å². The normalized spacial score (nSPS) is 24.6. The number of carbonyl (C=O) groups is 1.